The van der Waals surface area contributed by atoms with E-state index >= 15 is 0 Å². The van der Waals surface area contributed by atoms with E-state index in [9.17, 15) is 0 Å². The molecule has 19 heavy (non-hydrogen) atoms. The molecule has 0 radical (unpaired) electrons. The molecule has 0 amide bonds. The first kappa shape index (κ1) is 13.3. The Kier molecular flexibility index (Phi) is 4.30. The van der Waals surface area contributed by atoms with E-state index in [0.29, 0.717) is 10.1 Å². The van der Waals surface area contributed by atoms with Crippen molar-refractivity contribution >= 4 is 28.3 Å². The Labute approximate surface area is 120 Å². The van der Waals surface area contributed by atoms with Crippen LogP contribution in [0.3, 0.4) is 0 Å². The van der Waals surface area contributed by atoms with Crippen LogP contribution in [0.15, 0.2) is 36.7 Å². The van der Waals surface area contributed by atoms with Crippen LogP contribution in [0.25, 0.3) is 0 Å². The summed E-state index contributed by atoms with van der Waals surface area (Å²) < 4.78 is 1.98. The van der Waals surface area contributed by atoms with Crippen molar-refractivity contribution in [2.24, 2.45) is 0 Å². The predicted octanol–water partition coefficient (Wildman–Crippen LogP) is 2.69. The summed E-state index contributed by atoms with van der Waals surface area (Å²) in [5.74, 6) is 0.713. The molecule has 1 aromatic heterocycles. The second-order valence-electron chi connectivity index (χ2n) is 3.58. The van der Waals surface area contributed by atoms with Gasteiger partial charge in [0, 0.05) is 5.75 Å². The van der Waals surface area contributed by atoms with Crippen LogP contribution in [0.4, 0.5) is 0 Å². The number of thiocarbonyl (C=S) groups is 1. The van der Waals surface area contributed by atoms with Gasteiger partial charge in [0.2, 0.25) is 0 Å². The van der Waals surface area contributed by atoms with Crippen LogP contribution in [0.1, 0.15) is 17.0 Å². The van der Waals surface area contributed by atoms with Crippen molar-refractivity contribution in [3.63, 3.8) is 0 Å². The average molecular weight is 284 g/mol. The topological polar surface area (TPSA) is 65.4 Å². The second-order valence-corrected chi connectivity index (χ2v) is 5.18. The molecule has 1 heterocycles. The summed E-state index contributed by atoms with van der Waals surface area (Å²) >= 11 is 6.69. The van der Waals surface area contributed by atoms with Crippen molar-refractivity contribution in [2.45, 2.75) is 5.75 Å². The van der Waals surface area contributed by atoms with Gasteiger partial charge in [0.15, 0.2) is 11.4 Å². The van der Waals surface area contributed by atoms with Gasteiger partial charge in [0.1, 0.15) is 22.8 Å². The highest BCUT2D eigenvalue weighted by Gasteiger charge is 2.13. The molecule has 0 aliphatic rings. The fraction of sp³-hybridized carbons (Fsp3) is 0.0769. The summed E-state index contributed by atoms with van der Waals surface area (Å²) in [6.45, 7) is 0. The molecule has 0 fully saturated rings. The molecule has 0 bridgehead atoms. The largest absolute Gasteiger partial charge is 0.274 e. The molecular weight excluding hydrogens is 276 g/mol. The summed E-state index contributed by atoms with van der Waals surface area (Å²) in [6, 6.07) is 13.7. The van der Waals surface area contributed by atoms with Gasteiger partial charge in [-0.3, -0.25) is 4.57 Å². The third-order valence-corrected chi connectivity index (χ3v) is 3.85. The highest BCUT2D eigenvalue weighted by Crippen LogP contribution is 2.17. The minimum atomic E-state index is 0.102. The van der Waals surface area contributed by atoms with Gasteiger partial charge in [-0.15, -0.1) is 0 Å². The highest BCUT2D eigenvalue weighted by atomic mass is 32.2. The van der Waals surface area contributed by atoms with Gasteiger partial charge in [-0.1, -0.05) is 54.3 Å². The molecule has 1 aromatic carbocycles. The zero-order valence-corrected chi connectivity index (χ0v) is 11.4. The van der Waals surface area contributed by atoms with Crippen molar-refractivity contribution in [2.75, 3.05) is 0 Å². The van der Waals surface area contributed by atoms with E-state index in [-0.39, 0.29) is 11.4 Å². The number of rotatable bonds is 2. The Bertz CT molecular complexity index is 677. The second kappa shape index (κ2) is 6.14. The lowest BCUT2D eigenvalue weighted by Gasteiger charge is -2.05. The summed E-state index contributed by atoms with van der Waals surface area (Å²) in [6.07, 6.45) is 1.41. The maximum Gasteiger partial charge on any atom is 0.177 e. The SMILES string of the molecule is N#Cc1ncn(C(=S)SCc2ccccc2)c1C#N. The lowest BCUT2D eigenvalue weighted by Crippen LogP contribution is -2.06. The van der Waals surface area contributed by atoms with Crippen LogP contribution < -0.4 is 0 Å². The van der Waals surface area contributed by atoms with E-state index in [4.69, 9.17) is 22.7 Å². The molecular formula is C13H8N4S2. The number of hydrogen-bond acceptors (Lipinski definition) is 5. The number of hydrogen-bond donors (Lipinski definition) is 0. The van der Waals surface area contributed by atoms with Gasteiger partial charge < -0.3 is 0 Å². The van der Waals surface area contributed by atoms with E-state index in [0.717, 1.165) is 5.56 Å². The van der Waals surface area contributed by atoms with Gasteiger partial charge >= 0.3 is 0 Å². The molecule has 0 saturated carbocycles. The van der Waals surface area contributed by atoms with E-state index in [1.807, 2.05) is 42.5 Å². The Morgan fingerprint density at radius 2 is 2.00 bits per heavy atom. The maximum atomic E-state index is 9.02. The predicted molar refractivity (Wildman–Crippen MR) is 77.4 cm³/mol. The molecule has 4 nitrogen and oxygen atoms in total. The van der Waals surface area contributed by atoms with Gasteiger partial charge in [0.05, 0.1) is 0 Å². The normalized spacial score (nSPS) is 9.58. The number of nitrogens with zero attached hydrogens (tertiary/aromatic N) is 4. The number of aromatic nitrogens is 2. The zero-order valence-electron chi connectivity index (χ0n) is 9.78. The first-order valence-electron chi connectivity index (χ1n) is 5.35. The summed E-state index contributed by atoms with van der Waals surface area (Å²) in [5, 5.41) is 17.8. The number of benzene rings is 1. The number of thioether (sulfide) groups is 1. The maximum absolute atomic E-state index is 9.02. The van der Waals surface area contributed by atoms with Gasteiger partial charge in [-0.25, -0.2) is 4.98 Å². The monoisotopic (exact) mass is 284 g/mol. The van der Waals surface area contributed by atoms with E-state index in [1.54, 1.807) is 0 Å². The van der Waals surface area contributed by atoms with Crippen molar-refractivity contribution in [1.29, 1.82) is 10.5 Å². The first-order chi connectivity index (χ1) is 9.26. The Hall–Kier alpha value is -2.15. The van der Waals surface area contributed by atoms with Crippen LogP contribution >= 0.6 is 24.0 Å². The quantitative estimate of drug-likeness (QED) is 0.793. The third-order valence-electron chi connectivity index (χ3n) is 2.38. The van der Waals surface area contributed by atoms with Gasteiger partial charge in [-0.05, 0) is 5.56 Å². The van der Waals surface area contributed by atoms with Crippen LogP contribution in [-0.4, -0.2) is 13.9 Å². The molecule has 0 atom stereocenters. The van der Waals surface area contributed by atoms with Gasteiger partial charge in [0.25, 0.3) is 0 Å². The van der Waals surface area contributed by atoms with Crippen molar-refractivity contribution in [3.8, 4) is 12.1 Å². The minimum Gasteiger partial charge on any atom is -0.274 e. The smallest absolute Gasteiger partial charge is 0.177 e. The molecule has 0 spiro atoms. The fourth-order valence-electron chi connectivity index (χ4n) is 1.46. The van der Waals surface area contributed by atoms with E-state index in [1.165, 1.54) is 22.7 Å². The molecule has 2 rings (SSSR count). The van der Waals surface area contributed by atoms with Crippen LogP contribution in [0.2, 0.25) is 0 Å². The minimum absolute atomic E-state index is 0.102. The van der Waals surface area contributed by atoms with Crippen molar-refractivity contribution < 1.29 is 0 Å². The summed E-state index contributed by atoms with van der Waals surface area (Å²) in [7, 11) is 0. The summed E-state index contributed by atoms with van der Waals surface area (Å²) in [4.78, 5) is 3.86. The third kappa shape index (κ3) is 3.00. The molecule has 0 aliphatic heterocycles. The molecule has 0 aliphatic carbocycles. The number of nitriles is 2. The van der Waals surface area contributed by atoms with Gasteiger partial charge in [-0.2, -0.15) is 10.5 Å². The van der Waals surface area contributed by atoms with E-state index in [2.05, 4.69) is 4.98 Å². The Morgan fingerprint density at radius 3 is 2.63 bits per heavy atom. The standard InChI is InChI=1S/C13H8N4S2/c14-6-11-12(7-15)17(9-16-11)13(18)19-8-10-4-2-1-3-5-10/h1-5,9H,8H2. The lowest BCUT2D eigenvalue weighted by molar-refractivity contribution is 1.15. The summed E-state index contributed by atoms with van der Waals surface area (Å²) in [5.41, 5.74) is 1.44. The molecule has 92 valence electrons. The molecule has 0 N–H and O–H groups in total. The van der Waals surface area contributed by atoms with Crippen LogP contribution in [-0.2, 0) is 5.75 Å². The van der Waals surface area contributed by atoms with Crippen molar-refractivity contribution in [3.05, 3.63) is 53.6 Å². The average Bonchev–Trinajstić information content (AvgIpc) is 2.88. The first-order valence-corrected chi connectivity index (χ1v) is 6.74. The fourth-order valence-corrected chi connectivity index (χ4v) is 2.54. The van der Waals surface area contributed by atoms with E-state index < -0.39 is 0 Å². The molecule has 6 heteroatoms. The van der Waals surface area contributed by atoms with Crippen LogP contribution in [0.5, 0.6) is 0 Å². The molecule has 0 unspecified atom stereocenters. The lowest BCUT2D eigenvalue weighted by atomic mass is 10.2. The van der Waals surface area contributed by atoms with Crippen LogP contribution in [0, 0.1) is 22.7 Å². The Balaban J connectivity index is 2.12. The highest BCUT2D eigenvalue weighted by molar-refractivity contribution is 8.22. The Morgan fingerprint density at radius 1 is 1.26 bits per heavy atom. The van der Waals surface area contributed by atoms with Crippen molar-refractivity contribution in [1.82, 2.24) is 9.55 Å². The molecule has 0 saturated heterocycles. The number of imidazole rings is 1. The zero-order chi connectivity index (χ0) is 13.7. The molecule has 2 aromatic rings.